The van der Waals surface area contributed by atoms with Crippen LogP contribution in [0, 0.1) is 6.92 Å². The van der Waals surface area contributed by atoms with E-state index in [9.17, 15) is 0 Å². The molecule has 0 saturated heterocycles. The van der Waals surface area contributed by atoms with Crippen molar-refractivity contribution in [1.29, 1.82) is 0 Å². The van der Waals surface area contributed by atoms with Crippen LogP contribution in [0.2, 0.25) is 0 Å². The van der Waals surface area contributed by atoms with E-state index in [0.717, 1.165) is 35.7 Å². The Morgan fingerprint density at radius 1 is 1.29 bits per heavy atom. The average molecular weight is 287 g/mol. The van der Waals surface area contributed by atoms with Crippen molar-refractivity contribution in [3.8, 4) is 5.75 Å². The van der Waals surface area contributed by atoms with Crippen LogP contribution >= 0.6 is 0 Å². The number of ether oxygens (including phenoxy) is 1. The first-order valence-corrected chi connectivity index (χ1v) is 7.63. The van der Waals surface area contributed by atoms with Gasteiger partial charge in [0.15, 0.2) is 0 Å². The third-order valence-electron chi connectivity index (χ3n) is 3.46. The topological polar surface area (TPSA) is 39.1 Å². The number of hydrogen-bond donors (Lipinski definition) is 1. The molecule has 1 N–H and O–H groups in total. The number of rotatable bonds is 7. The van der Waals surface area contributed by atoms with Crippen LogP contribution in [-0.2, 0) is 7.05 Å². The van der Waals surface area contributed by atoms with Gasteiger partial charge >= 0.3 is 0 Å². The van der Waals surface area contributed by atoms with Crippen molar-refractivity contribution in [2.24, 2.45) is 7.05 Å². The Morgan fingerprint density at radius 2 is 2.05 bits per heavy atom. The fraction of sp³-hybridized carbons (Fsp3) is 0.471. The standard InChI is InChI=1S/C17H25N3O/c1-5-11-18-17(15-12-13(3)19-20(15)4)14-9-7-8-10-16(14)21-6-2/h7-10,12,17-18H,5-6,11H2,1-4H3. The molecule has 114 valence electrons. The van der Waals surface area contributed by atoms with Gasteiger partial charge in [0.1, 0.15) is 5.75 Å². The van der Waals surface area contributed by atoms with Gasteiger partial charge in [0.25, 0.3) is 0 Å². The summed E-state index contributed by atoms with van der Waals surface area (Å²) in [5, 5.41) is 8.09. The molecule has 1 heterocycles. The van der Waals surface area contributed by atoms with E-state index in [4.69, 9.17) is 4.74 Å². The lowest BCUT2D eigenvalue weighted by Crippen LogP contribution is -2.25. The quantitative estimate of drug-likeness (QED) is 0.850. The van der Waals surface area contributed by atoms with Crippen LogP contribution in [0.15, 0.2) is 30.3 Å². The predicted octanol–water partition coefficient (Wildman–Crippen LogP) is 3.22. The maximum Gasteiger partial charge on any atom is 0.124 e. The molecule has 0 spiro atoms. The van der Waals surface area contributed by atoms with Crippen LogP contribution < -0.4 is 10.1 Å². The second-order valence-corrected chi connectivity index (χ2v) is 5.19. The number of nitrogens with zero attached hydrogens (tertiary/aromatic N) is 2. The lowest BCUT2D eigenvalue weighted by atomic mass is 10.0. The van der Waals surface area contributed by atoms with Crippen molar-refractivity contribution in [2.45, 2.75) is 33.2 Å². The van der Waals surface area contributed by atoms with Crippen molar-refractivity contribution in [2.75, 3.05) is 13.2 Å². The Kier molecular flexibility index (Phi) is 5.39. The fourth-order valence-corrected chi connectivity index (χ4v) is 2.57. The second kappa shape index (κ2) is 7.27. The van der Waals surface area contributed by atoms with Gasteiger partial charge < -0.3 is 10.1 Å². The van der Waals surface area contributed by atoms with Gasteiger partial charge in [0, 0.05) is 12.6 Å². The summed E-state index contributed by atoms with van der Waals surface area (Å²) in [6.07, 6.45) is 1.09. The van der Waals surface area contributed by atoms with Crippen molar-refractivity contribution in [1.82, 2.24) is 15.1 Å². The van der Waals surface area contributed by atoms with E-state index in [-0.39, 0.29) is 6.04 Å². The fourth-order valence-electron chi connectivity index (χ4n) is 2.57. The van der Waals surface area contributed by atoms with Crippen LogP contribution in [0.4, 0.5) is 0 Å². The molecule has 0 saturated carbocycles. The first-order chi connectivity index (χ1) is 10.2. The summed E-state index contributed by atoms with van der Waals surface area (Å²) in [5.74, 6) is 0.937. The third-order valence-corrected chi connectivity index (χ3v) is 3.46. The third kappa shape index (κ3) is 3.64. The summed E-state index contributed by atoms with van der Waals surface area (Å²) >= 11 is 0. The molecule has 0 bridgehead atoms. The molecule has 0 amide bonds. The molecule has 0 aliphatic rings. The highest BCUT2D eigenvalue weighted by molar-refractivity contribution is 5.40. The van der Waals surface area contributed by atoms with E-state index in [1.54, 1.807) is 0 Å². The van der Waals surface area contributed by atoms with Crippen molar-refractivity contribution in [3.63, 3.8) is 0 Å². The maximum atomic E-state index is 5.80. The Labute approximate surface area is 127 Å². The zero-order valence-corrected chi connectivity index (χ0v) is 13.4. The first-order valence-electron chi connectivity index (χ1n) is 7.63. The minimum Gasteiger partial charge on any atom is -0.494 e. The number of benzene rings is 1. The normalized spacial score (nSPS) is 12.4. The molecular weight excluding hydrogens is 262 g/mol. The van der Waals surface area contributed by atoms with Crippen LogP contribution in [0.3, 0.4) is 0 Å². The summed E-state index contributed by atoms with van der Waals surface area (Å²) in [6.45, 7) is 7.83. The number of nitrogens with one attached hydrogen (secondary N) is 1. The zero-order chi connectivity index (χ0) is 15.2. The second-order valence-electron chi connectivity index (χ2n) is 5.19. The van der Waals surface area contributed by atoms with E-state index < -0.39 is 0 Å². The molecule has 0 radical (unpaired) electrons. The van der Waals surface area contributed by atoms with E-state index in [2.05, 4.69) is 35.5 Å². The molecule has 0 aliphatic carbocycles. The van der Waals surface area contributed by atoms with Crippen LogP contribution in [0.25, 0.3) is 0 Å². The molecule has 4 nitrogen and oxygen atoms in total. The average Bonchev–Trinajstić information content (AvgIpc) is 2.80. The Morgan fingerprint density at radius 3 is 2.67 bits per heavy atom. The molecule has 1 atom stereocenters. The van der Waals surface area contributed by atoms with Gasteiger partial charge in [-0.25, -0.2) is 0 Å². The highest BCUT2D eigenvalue weighted by atomic mass is 16.5. The van der Waals surface area contributed by atoms with Crippen LogP contribution in [0.1, 0.15) is 43.3 Å². The van der Waals surface area contributed by atoms with Crippen molar-refractivity contribution >= 4 is 0 Å². The van der Waals surface area contributed by atoms with E-state index in [0.29, 0.717) is 6.61 Å². The van der Waals surface area contributed by atoms with Gasteiger partial charge in [-0.05, 0) is 38.9 Å². The molecule has 0 aliphatic heterocycles. The number of hydrogen-bond acceptors (Lipinski definition) is 3. The van der Waals surface area contributed by atoms with Crippen molar-refractivity contribution < 1.29 is 4.74 Å². The molecule has 21 heavy (non-hydrogen) atoms. The Balaban J connectivity index is 2.43. The van der Waals surface area contributed by atoms with Crippen LogP contribution in [-0.4, -0.2) is 22.9 Å². The van der Waals surface area contributed by atoms with E-state index in [1.165, 1.54) is 0 Å². The van der Waals surface area contributed by atoms with Gasteiger partial charge in [0.2, 0.25) is 0 Å². The van der Waals surface area contributed by atoms with Gasteiger partial charge in [-0.3, -0.25) is 4.68 Å². The smallest absolute Gasteiger partial charge is 0.124 e. The molecule has 4 heteroatoms. The van der Waals surface area contributed by atoms with Crippen LogP contribution in [0.5, 0.6) is 5.75 Å². The SMILES string of the molecule is CCCNC(c1ccccc1OCC)c1cc(C)nn1C. The largest absolute Gasteiger partial charge is 0.494 e. The molecule has 2 rings (SSSR count). The summed E-state index contributed by atoms with van der Waals surface area (Å²) in [5.41, 5.74) is 3.36. The van der Waals surface area contributed by atoms with E-state index >= 15 is 0 Å². The summed E-state index contributed by atoms with van der Waals surface area (Å²) in [4.78, 5) is 0. The predicted molar refractivity (Wildman–Crippen MR) is 85.7 cm³/mol. The van der Waals surface area contributed by atoms with E-state index in [1.807, 2.05) is 37.7 Å². The molecule has 0 fully saturated rings. The molecule has 2 aromatic rings. The summed E-state index contributed by atoms with van der Waals surface area (Å²) < 4.78 is 7.75. The molecule has 1 aromatic heterocycles. The Hall–Kier alpha value is -1.81. The lowest BCUT2D eigenvalue weighted by molar-refractivity contribution is 0.333. The highest BCUT2D eigenvalue weighted by Gasteiger charge is 2.21. The van der Waals surface area contributed by atoms with Gasteiger partial charge in [0.05, 0.1) is 24.0 Å². The number of para-hydroxylation sites is 1. The monoisotopic (exact) mass is 287 g/mol. The van der Waals surface area contributed by atoms with Gasteiger partial charge in [-0.1, -0.05) is 25.1 Å². The number of aryl methyl sites for hydroxylation is 2. The molecule has 1 unspecified atom stereocenters. The minimum atomic E-state index is 0.0962. The van der Waals surface area contributed by atoms with Gasteiger partial charge in [-0.2, -0.15) is 5.10 Å². The molecular formula is C17H25N3O. The molecule has 1 aromatic carbocycles. The highest BCUT2D eigenvalue weighted by Crippen LogP contribution is 2.30. The number of aromatic nitrogens is 2. The van der Waals surface area contributed by atoms with Gasteiger partial charge in [-0.15, -0.1) is 0 Å². The maximum absolute atomic E-state index is 5.80. The summed E-state index contributed by atoms with van der Waals surface area (Å²) in [6, 6.07) is 10.5. The lowest BCUT2D eigenvalue weighted by Gasteiger charge is -2.22. The summed E-state index contributed by atoms with van der Waals surface area (Å²) in [7, 11) is 1.99. The zero-order valence-electron chi connectivity index (χ0n) is 13.4. The van der Waals surface area contributed by atoms with Crippen molar-refractivity contribution in [3.05, 3.63) is 47.3 Å². The first kappa shape index (κ1) is 15.6. The Bertz CT molecular complexity index is 577. The minimum absolute atomic E-state index is 0.0962.